The van der Waals surface area contributed by atoms with Crippen molar-refractivity contribution >= 4 is 11.6 Å². The fraction of sp³-hybridized carbons (Fsp3) is 0.333. The molecule has 0 saturated carbocycles. The number of carbonyl (C=O) groups is 1. The topological polar surface area (TPSA) is 76.4 Å². The zero-order valence-corrected chi connectivity index (χ0v) is 14.6. The first kappa shape index (κ1) is 18.1. The third-order valence-electron chi connectivity index (χ3n) is 4.88. The molecule has 0 unspecified atom stereocenters. The van der Waals surface area contributed by atoms with Crippen LogP contribution in [0.25, 0.3) is 0 Å². The van der Waals surface area contributed by atoms with Crippen molar-refractivity contribution in [2.75, 3.05) is 25.0 Å². The Morgan fingerprint density at radius 3 is 2.42 bits per heavy atom. The van der Waals surface area contributed by atoms with Crippen molar-refractivity contribution in [3.05, 3.63) is 65.7 Å². The number of nitriles is 1. The maximum absolute atomic E-state index is 12.2. The number of piperidine rings is 1. The van der Waals surface area contributed by atoms with Crippen molar-refractivity contribution in [2.45, 2.75) is 18.9 Å². The second-order valence-corrected chi connectivity index (χ2v) is 6.71. The first-order valence-electron chi connectivity index (χ1n) is 8.91. The smallest absolute Gasteiger partial charge is 0.238 e. The molecule has 2 aromatic carbocycles. The number of nitrogens with zero attached hydrogens (tertiary/aromatic N) is 2. The first-order valence-corrected chi connectivity index (χ1v) is 8.91. The van der Waals surface area contributed by atoms with Gasteiger partial charge in [-0.15, -0.1) is 0 Å². The Kier molecular flexibility index (Phi) is 6.00. The monoisotopic (exact) mass is 349 g/mol. The largest absolute Gasteiger partial charge is 0.388 e. The molecule has 2 N–H and O–H groups in total. The van der Waals surface area contributed by atoms with Crippen molar-refractivity contribution < 1.29 is 9.90 Å². The lowest BCUT2D eigenvalue weighted by Gasteiger charge is -2.34. The zero-order chi connectivity index (χ0) is 18.4. The maximum atomic E-state index is 12.2. The number of aliphatic hydroxyl groups is 1. The van der Waals surface area contributed by atoms with E-state index in [0.29, 0.717) is 17.8 Å². The van der Waals surface area contributed by atoms with E-state index in [-0.39, 0.29) is 11.8 Å². The Hall–Kier alpha value is -2.68. The number of hydrogen-bond acceptors (Lipinski definition) is 4. The van der Waals surface area contributed by atoms with E-state index >= 15 is 0 Å². The van der Waals surface area contributed by atoms with Gasteiger partial charge in [-0.1, -0.05) is 30.3 Å². The van der Waals surface area contributed by atoms with E-state index in [9.17, 15) is 9.90 Å². The third-order valence-corrected chi connectivity index (χ3v) is 4.88. The van der Waals surface area contributed by atoms with E-state index in [2.05, 4.69) is 16.3 Å². The molecule has 1 amide bonds. The van der Waals surface area contributed by atoms with E-state index in [4.69, 9.17) is 5.26 Å². The summed E-state index contributed by atoms with van der Waals surface area (Å²) >= 11 is 0. The normalized spacial score (nSPS) is 16.6. The molecule has 1 saturated heterocycles. The van der Waals surface area contributed by atoms with Gasteiger partial charge in [0, 0.05) is 5.69 Å². The highest BCUT2D eigenvalue weighted by Gasteiger charge is 2.26. The zero-order valence-electron chi connectivity index (χ0n) is 14.6. The van der Waals surface area contributed by atoms with Crippen LogP contribution in [0.2, 0.25) is 0 Å². The van der Waals surface area contributed by atoms with Gasteiger partial charge in [0.25, 0.3) is 0 Å². The molecular weight excluding hydrogens is 326 g/mol. The van der Waals surface area contributed by atoms with Crippen molar-refractivity contribution in [2.24, 2.45) is 5.92 Å². The van der Waals surface area contributed by atoms with Gasteiger partial charge in [-0.3, -0.25) is 9.69 Å². The quantitative estimate of drug-likeness (QED) is 0.870. The minimum absolute atomic E-state index is 0.0586. The molecule has 0 radical (unpaired) electrons. The Labute approximate surface area is 153 Å². The van der Waals surface area contributed by atoms with Gasteiger partial charge in [-0.25, -0.2) is 0 Å². The van der Waals surface area contributed by atoms with Gasteiger partial charge in [0.2, 0.25) is 5.91 Å². The minimum Gasteiger partial charge on any atom is -0.388 e. The molecule has 5 nitrogen and oxygen atoms in total. The SMILES string of the molecule is N#Cc1ccc(NC(=O)CN2CCC([C@@H](O)c3ccccc3)CC2)cc1. The van der Waals surface area contributed by atoms with Gasteiger partial charge in [0.15, 0.2) is 0 Å². The number of anilines is 1. The molecule has 2 aromatic rings. The predicted octanol–water partition coefficient (Wildman–Crippen LogP) is 2.94. The lowest BCUT2D eigenvalue weighted by molar-refractivity contribution is -0.117. The summed E-state index contributed by atoms with van der Waals surface area (Å²) in [6.45, 7) is 1.94. The molecule has 134 valence electrons. The molecule has 1 atom stereocenters. The van der Waals surface area contributed by atoms with Gasteiger partial charge in [-0.2, -0.15) is 5.26 Å². The van der Waals surface area contributed by atoms with Crippen molar-refractivity contribution in [3.63, 3.8) is 0 Å². The van der Waals surface area contributed by atoms with Crippen LogP contribution >= 0.6 is 0 Å². The molecule has 1 heterocycles. The molecule has 26 heavy (non-hydrogen) atoms. The van der Waals surface area contributed by atoms with E-state index in [0.717, 1.165) is 31.5 Å². The van der Waals surface area contributed by atoms with Gasteiger partial charge < -0.3 is 10.4 Å². The second kappa shape index (κ2) is 8.61. The van der Waals surface area contributed by atoms with Gasteiger partial charge in [0.05, 0.1) is 24.3 Å². The van der Waals surface area contributed by atoms with Crippen molar-refractivity contribution in [3.8, 4) is 6.07 Å². The number of carbonyl (C=O) groups excluding carboxylic acids is 1. The van der Waals surface area contributed by atoms with E-state index in [1.54, 1.807) is 24.3 Å². The minimum atomic E-state index is -0.439. The fourth-order valence-corrected chi connectivity index (χ4v) is 3.38. The van der Waals surface area contributed by atoms with Gasteiger partial charge >= 0.3 is 0 Å². The van der Waals surface area contributed by atoms with Crippen LogP contribution in [0, 0.1) is 17.2 Å². The van der Waals surface area contributed by atoms with Crippen molar-refractivity contribution in [1.29, 1.82) is 5.26 Å². The third kappa shape index (κ3) is 4.69. The Morgan fingerprint density at radius 1 is 1.15 bits per heavy atom. The number of benzene rings is 2. The second-order valence-electron chi connectivity index (χ2n) is 6.71. The molecule has 1 fully saturated rings. The molecule has 0 bridgehead atoms. The Morgan fingerprint density at radius 2 is 1.81 bits per heavy atom. The highest BCUT2D eigenvalue weighted by Crippen LogP contribution is 2.30. The van der Waals surface area contributed by atoms with Crippen LogP contribution in [-0.2, 0) is 4.79 Å². The number of rotatable bonds is 5. The number of nitrogens with one attached hydrogen (secondary N) is 1. The van der Waals surface area contributed by atoms with Crippen LogP contribution in [0.1, 0.15) is 30.1 Å². The van der Waals surface area contributed by atoms with Crippen molar-refractivity contribution in [1.82, 2.24) is 4.90 Å². The fourth-order valence-electron chi connectivity index (χ4n) is 3.38. The van der Waals surface area contributed by atoms with Gasteiger partial charge in [-0.05, 0) is 61.7 Å². The van der Waals surface area contributed by atoms with Crippen LogP contribution in [-0.4, -0.2) is 35.5 Å². The van der Waals surface area contributed by atoms with Crippen LogP contribution in [0.4, 0.5) is 5.69 Å². The van der Waals surface area contributed by atoms with E-state index < -0.39 is 6.10 Å². The molecule has 0 aliphatic carbocycles. The summed E-state index contributed by atoms with van der Waals surface area (Å²) in [6, 6.07) is 18.7. The van der Waals surface area contributed by atoms with Crippen LogP contribution < -0.4 is 5.32 Å². The maximum Gasteiger partial charge on any atom is 0.238 e. The molecule has 0 spiro atoms. The summed E-state index contributed by atoms with van der Waals surface area (Å²) in [7, 11) is 0. The van der Waals surface area contributed by atoms with E-state index in [1.165, 1.54) is 0 Å². The molecule has 5 heteroatoms. The standard InChI is InChI=1S/C21H23N3O2/c22-14-16-6-8-19(9-7-16)23-20(25)15-24-12-10-18(11-13-24)21(26)17-4-2-1-3-5-17/h1-9,18,21,26H,10-13,15H2,(H,23,25)/t21-/m0/s1. The molecular formula is C21H23N3O2. The summed E-state index contributed by atoms with van der Waals surface area (Å²) in [4.78, 5) is 14.3. The summed E-state index contributed by atoms with van der Waals surface area (Å²) in [5.41, 5.74) is 2.23. The molecule has 3 rings (SSSR count). The summed E-state index contributed by atoms with van der Waals surface area (Å²) < 4.78 is 0. The first-order chi connectivity index (χ1) is 12.7. The summed E-state index contributed by atoms with van der Waals surface area (Å²) in [6.07, 6.45) is 1.31. The highest BCUT2D eigenvalue weighted by atomic mass is 16.3. The van der Waals surface area contributed by atoms with E-state index in [1.807, 2.05) is 30.3 Å². The molecule has 0 aromatic heterocycles. The summed E-state index contributed by atoms with van der Waals surface area (Å²) in [5, 5.41) is 22.2. The molecule has 1 aliphatic rings. The number of amides is 1. The van der Waals surface area contributed by atoms with Gasteiger partial charge in [0.1, 0.15) is 0 Å². The Balaban J connectivity index is 1.46. The van der Waals surface area contributed by atoms with Crippen LogP contribution in [0.15, 0.2) is 54.6 Å². The average Bonchev–Trinajstić information content (AvgIpc) is 2.69. The predicted molar refractivity (Wildman–Crippen MR) is 100 cm³/mol. The molecule has 1 aliphatic heterocycles. The summed E-state index contributed by atoms with van der Waals surface area (Å²) in [5.74, 6) is 0.173. The number of aliphatic hydroxyl groups excluding tert-OH is 1. The Bertz CT molecular complexity index is 760. The lowest BCUT2D eigenvalue weighted by atomic mass is 9.87. The number of hydrogen-bond donors (Lipinski definition) is 2. The average molecular weight is 349 g/mol. The van der Waals surface area contributed by atoms with Crippen LogP contribution in [0.5, 0.6) is 0 Å². The number of likely N-dealkylation sites (tertiary alicyclic amines) is 1. The highest BCUT2D eigenvalue weighted by molar-refractivity contribution is 5.92. The lowest BCUT2D eigenvalue weighted by Crippen LogP contribution is -2.40. The van der Waals surface area contributed by atoms with Crippen LogP contribution in [0.3, 0.4) is 0 Å².